The fraction of sp³-hybridized carbons (Fsp3) is 1.00. The van der Waals surface area contributed by atoms with Gasteiger partial charge in [0.2, 0.25) is 0 Å². The van der Waals surface area contributed by atoms with Crippen molar-refractivity contribution in [2.45, 2.75) is 70.2 Å². The molecule has 3 heteroatoms. The summed E-state index contributed by atoms with van der Waals surface area (Å²) in [7, 11) is 3.55. The normalized spacial score (nSPS) is 26.1. The highest BCUT2D eigenvalue weighted by molar-refractivity contribution is 6.08. The summed E-state index contributed by atoms with van der Waals surface area (Å²) in [6.45, 7) is 10.3. The molecule has 0 aliphatic carbocycles. The minimum atomic E-state index is 0.257. The Morgan fingerprint density at radius 2 is 1.69 bits per heavy atom. The van der Waals surface area contributed by atoms with E-state index in [1.165, 1.54) is 22.7 Å². The molecule has 2 nitrogen and oxygen atoms in total. The number of likely N-dealkylation sites (tertiary alicyclic amines) is 1. The molecule has 0 unspecified atom stereocenters. The molecular formula is C13H29NOSi. The van der Waals surface area contributed by atoms with Crippen molar-refractivity contribution in [3.8, 4) is 0 Å². The van der Waals surface area contributed by atoms with E-state index in [0.717, 1.165) is 19.4 Å². The Hall–Kier alpha value is 0.137. The molecule has 0 aromatic carbocycles. The monoisotopic (exact) mass is 243 g/mol. The minimum Gasteiger partial charge on any atom is -0.378 e. The molecule has 0 aromatic rings. The van der Waals surface area contributed by atoms with Gasteiger partial charge in [0.05, 0.1) is 6.10 Å². The van der Waals surface area contributed by atoms with Crippen molar-refractivity contribution in [1.82, 2.24) is 4.90 Å². The molecule has 0 atom stereocenters. The third-order valence-electron chi connectivity index (χ3n) is 4.12. The van der Waals surface area contributed by atoms with Crippen molar-refractivity contribution in [3.05, 3.63) is 0 Å². The lowest BCUT2D eigenvalue weighted by atomic mass is 9.79. The first kappa shape index (κ1) is 14.2. The van der Waals surface area contributed by atoms with Crippen LogP contribution in [0, 0.1) is 0 Å². The number of rotatable bonds is 4. The summed E-state index contributed by atoms with van der Waals surface area (Å²) >= 11 is 0. The SMILES string of the molecule is CN1C(C)(C)CC(OCCC[SiH3])CC1(C)C. The van der Waals surface area contributed by atoms with Crippen LogP contribution in [0.15, 0.2) is 0 Å². The van der Waals surface area contributed by atoms with Gasteiger partial charge < -0.3 is 4.74 Å². The quantitative estimate of drug-likeness (QED) is 0.552. The second kappa shape index (κ2) is 5.19. The first-order valence-corrected chi connectivity index (χ1v) is 8.06. The second-order valence-electron chi connectivity index (χ2n) is 6.44. The lowest BCUT2D eigenvalue weighted by Crippen LogP contribution is -2.60. The summed E-state index contributed by atoms with van der Waals surface area (Å²) in [5, 5.41) is 0. The second-order valence-corrected chi connectivity index (χ2v) is 7.44. The van der Waals surface area contributed by atoms with Crippen molar-refractivity contribution >= 4 is 10.2 Å². The molecule has 1 aliphatic heterocycles. The first-order chi connectivity index (χ1) is 7.29. The lowest BCUT2D eigenvalue weighted by molar-refractivity contribution is -0.0911. The molecule has 1 aliphatic rings. The highest BCUT2D eigenvalue weighted by Crippen LogP contribution is 2.37. The maximum absolute atomic E-state index is 6.04. The van der Waals surface area contributed by atoms with Gasteiger partial charge in [0.15, 0.2) is 0 Å². The van der Waals surface area contributed by atoms with E-state index in [9.17, 15) is 0 Å². The first-order valence-electron chi connectivity index (χ1n) is 6.65. The molecule has 96 valence electrons. The Kier molecular flexibility index (Phi) is 4.61. The van der Waals surface area contributed by atoms with E-state index in [0.29, 0.717) is 6.10 Å². The number of nitrogens with zero attached hydrogens (tertiary/aromatic N) is 1. The van der Waals surface area contributed by atoms with Gasteiger partial charge in [-0.2, -0.15) is 0 Å². The number of ether oxygens (including phenoxy) is 1. The zero-order chi connectivity index (χ0) is 12.4. The third-order valence-corrected chi connectivity index (χ3v) is 4.83. The Balaban J connectivity index is 2.57. The van der Waals surface area contributed by atoms with Crippen LogP contribution in [-0.2, 0) is 4.74 Å². The van der Waals surface area contributed by atoms with Crippen LogP contribution in [0.1, 0.15) is 47.0 Å². The topological polar surface area (TPSA) is 12.5 Å². The smallest absolute Gasteiger partial charge is 0.0610 e. The molecule has 1 heterocycles. The lowest BCUT2D eigenvalue weighted by Gasteiger charge is -2.53. The zero-order valence-corrected chi connectivity index (χ0v) is 14.0. The maximum Gasteiger partial charge on any atom is 0.0610 e. The largest absolute Gasteiger partial charge is 0.378 e. The van der Waals surface area contributed by atoms with Gasteiger partial charge in [0.1, 0.15) is 0 Å². The van der Waals surface area contributed by atoms with Crippen molar-refractivity contribution in [3.63, 3.8) is 0 Å². The average molecular weight is 243 g/mol. The highest BCUT2D eigenvalue weighted by Gasteiger charge is 2.43. The number of hydrogen-bond acceptors (Lipinski definition) is 2. The molecule has 1 fully saturated rings. The Morgan fingerprint density at radius 1 is 1.19 bits per heavy atom. The van der Waals surface area contributed by atoms with Crippen LogP contribution in [0.2, 0.25) is 6.04 Å². The summed E-state index contributed by atoms with van der Waals surface area (Å²) < 4.78 is 6.04. The summed E-state index contributed by atoms with van der Waals surface area (Å²) in [5.74, 6) is 0. The fourth-order valence-corrected chi connectivity index (χ4v) is 3.08. The molecule has 1 rings (SSSR count). The number of piperidine rings is 1. The fourth-order valence-electron chi connectivity index (χ4n) is 2.79. The van der Waals surface area contributed by atoms with Crippen molar-refractivity contribution in [1.29, 1.82) is 0 Å². The molecular weight excluding hydrogens is 214 g/mol. The van der Waals surface area contributed by atoms with Crippen LogP contribution >= 0.6 is 0 Å². The van der Waals surface area contributed by atoms with Crippen LogP contribution in [0.25, 0.3) is 0 Å². The van der Waals surface area contributed by atoms with Gasteiger partial charge >= 0.3 is 0 Å². The molecule has 16 heavy (non-hydrogen) atoms. The van der Waals surface area contributed by atoms with Gasteiger partial charge in [-0.1, -0.05) is 6.04 Å². The molecule has 1 saturated heterocycles. The molecule has 0 aromatic heterocycles. The van der Waals surface area contributed by atoms with Crippen molar-refractivity contribution < 1.29 is 4.74 Å². The Morgan fingerprint density at radius 3 is 2.12 bits per heavy atom. The molecule has 0 amide bonds. The van der Waals surface area contributed by atoms with Crippen LogP contribution in [0.4, 0.5) is 0 Å². The summed E-state index contributed by atoms with van der Waals surface area (Å²) in [6, 6.07) is 1.36. The maximum atomic E-state index is 6.04. The van der Waals surface area contributed by atoms with Crippen LogP contribution in [-0.4, -0.2) is 46.0 Å². The standard InChI is InChI=1S/C13H29NOSi/c1-12(2)9-11(15-7-6-8-16)10-13(3,4)14(12)5/h11H,6-10H2,1-5,16H3. The van der Waals surface area contributed by atoms with Crippen LogP contribution in [0.3, 0.4) is 0 Å². The predicted molar refractivity (Wildman–Crippen MR) is 74.3 cm³/mol. The number of hydrogen-bond donors (Lipinski definition) is 0. The average Bonchev–Trinajstić information content (AvgIpc) is 2.14. The van der Waals surface area contributed by atoms with E-state index < -0.39 is 0 Å². The van der Waals surface area contributed by atoms with Crippen molar-refractivity contribution in [2.24, 2.45) is 0 Å². The van der Waals surface area contributed by atoms with Crippen molar-refractivity contribution in [2.75, 3.05) is 13.7 Å². The van der Waals surface area contributed by atoms with E-state index in [2.05, 4.69) is 39.6 Å². The third kappa shape index (κ3) is 3.31. The molecule has 0 spiro atoms. The molecule has 0 radical (unpaired) electrons. The van der Waals surface area contributed by atoms with Crippen LogP contribution in [0.5, 0.6) is 0 Å². The minimum absolute atomic E-state index is 0.257. The van der Waals surface area contributed by atoms with Gasteiger partial charge in [0, 0.05) is 27.9 Å². The molecule has 0 bridgehead atoms. The van der Waals surface area contributed by atoms with E-state index in [1.807, 2.05) is 0 Å². The van der Waals surface area contributed by atoms with E-state index in [-0.39, 0.29) is 11.1 Å². The van der Waals surface area contributed by atoms with Gasteiger partial charge in [0.25, 0.3) is 0 Å². The van der Waals surface area contributed by atoms with Gasteiger partial charge in [-0.15, -0.1) is 0 Å². The summed E-state index contributed by atoms with van der Waals surface area (Å²) in [4.78, 5) is 2.51. The van der Waals surface area contributed by atoms with Gasteiger partial charge in [-0.25, -0.2) is 0 Å². The van der Waals surface area contributed by atoms with E-state index in [4.69, 9.17) is 4.74 Å². The molecule has 0 N–H and O–H groups in total. The Bertz CT molecular complexity index is 210. The highest BCUT2D eigenvalue weighted by atomic mass is 28.1. The van der Waals surface area contributed by atoms with Gasteiger partial charge in [-0.3, -0.25) is 4.90 Å². The zero-order valence-electron chi connectivity index (χ0n) is 12.0. The summed E-state index contributed by atoms with van der Waals surface area (Å²) in [6.07, 6.45) is 4.02. The van der Waals surface area contributed by atoms with E-state index in [1.54, 1.807) is 0 Å². The van der Waals surface area contributed by atoms with Crippen LogP contribution < -0.4 is 0 Å². The predicted octanol–water partition coefficient (Wildman–Crippen LogP) is 1.83. The summed E-state index contributed by atoms with van der Waals surface area (Å²) in [5.41, 5.74) is 0.515. The molecule has 0 saturated carbocycles. The van der Waals surface area contributed by atoms with Gasteiger partial charge in [-0.05, 0) is 54.0 Å². The van der Waals surface area contributed by atoms with E-state index >= 15 is 0 Å². The Labute approximate surface area is 104 Å².